The largest absolute Gasteiger partial charge is 0.508 e. The fourth-order valence-electron chi connectivity index (χ4n) is 5.50. The summed E-state index contributed by atoms with van der Waals surface area (Å²) in [7, 11) is 3.01. The van der Waals surface area contributed by atoms with Crippen LogP contribution in [0.15, 0.2) is 35.1 Å². The van der Waals surface area contributed by atoms with Gasteiger partial charge in [0.15, 0.2) is 11.4 Å². The number of phenolic OH excluding ortho intramolecular Hbond substituents is 1. The lowest BCUT2D eigenvalue weighted by Gasteiger charge is -2.53. The van der Waals surface area contributed by atoms with Gasteiger partial charge in [0.25, 0.3) is 5.91 Å². The highest BCUT2D eigenvalue weighted by molar-refractivity contribution is 6.24. The standard InChI is InChI=1S/C22H24N2O8.CH2O3/c1-21(31)8-5-4-6-11(25)12(8)16(26)13-9(21)7-10-15(24(2)3)17(27)14(20(23)30)19(29)22(10,32)18(13)28;2-1(3)4/h4-6,9-10,15,25-26,29,31-32H,7H2,1-3H3,(H2,23,30);(H2,2,3,4)/t9-,10-,15-,21+,22-;/m0./s1. The normalized spacial score (nSPS) is 31.2. The van der Waals surface area contributed by atoms with Gasteiger partial charge in [0.2, 0.25) is 5.78 Å². The summed E-state index contributed by atoms with van der Waals surface area (Å²) < 4.78 is 0. The summed E-state index contributed by atoms with van der Waals surface area (Å²) in [5.41, 5.74) is -0.548. The number of aliphatic hydroxyl groups is 4. The average Bonchev–Trinajstić information content (AvgIpc) is 2.73. The lowest BCUT2D eigenvalue weighted by molar-refractivity contribution is -0.159. The van der Waals surface area contributed by atoms with Gasteiger partial charge in [0.05, 0.1) is 17.2 Å². The third-order valence-electron chi connectivity index (χ3n) is 7.02. The Morgan fingerprint density at radius 3 is 2.14 bits per heavy atom. The molecule has 1 amide bonds. The van der Waals surface area contributed by atoms with E-state index in [0.717, 1.165) is 0 Å². The van der Waals surface area contributed by atoms with Gasteiger partial charge >= 0.3 is 6.16 Å². The number of aliphatic hydroxyl groups excluding tert-OH is 2. The number of primary amides is 1. The first-order chi connectivity index (χ1) is 16.5. The van der Waals surface area contributed by atoms with Gasteiger partial charge in [-0.1, -0.05) is 12.1 Å². The molecule has 1 fully saturated rings. The number of carbonyl (C=O) groups is 4. The van der Waals surface area contributed by atoms with Gasteiger partial charge in [-0.05, 0) is 39.1 Å². The Morgan fingerprint density at radius 2 is 1.64 bits per heavy atom. The predicted molar refractivity (Wildman–Crippen MR) is 121 cm³/mol. The molecule has 0 heterocycles. The maximum atomic E-state index is 13.7. The van der Waals surface area contributed by atoms with Crippen molar-refractivity contribution in [2.24, 2.45) is 17.6 Å². The smallest absolute Gasteiger partial charge is 0.503 e. The van der Waals surface area contributed by atoms with Crippen LogP contribution in [0.1, 0.15) is 24.5 Å². The number of fused-ring (bicyclic) bond motifs is 3. The number of benzene rings is 1. The highest BCUT2D eigenvalue weighted by Gasteiger charge is 2.66. The van der Waals surface area contributed by atoms with Crippen LogP contribution in [0.4, 0.5) is 4.79 Å². The Bertz CT molecular complexity index is 1240. The molecule has 0 bridgehead atoms. The zero-order chi connectivity index (χ0) is 27.5. The Balaban J connectivity index is 0.000000840. The number of ketones is 2. The lowest BCUT2D eigenvalue weighted by Crippen LogP contribution is -2.67. The van der Waals surface area contributed by atoms with E-state index in [9.17, 15) is 39.9 Å². The molecule has 4 rings (SSSR count). The minimum atomic E-state index is -2.75. The van der Waals surface area contributed by atoms with Crippen LogP contribution in [0, 0.1) is 11.8 Å². The van der Waals surface area contributed by atoms with E-state index < -0.39 is 81.1 Å². The third-order valence-corrected chi connectivity index (χ3v) is 7.02. The Hall–Kier alpha value is -3.94. The number of hydrogen-bond donors (Lipinski definition) is 8. The fraction of sp³-hybridized carbons (Fsp3) is 0.391. The van der Waals surface area contributed by atoms with Gasteiger partial charge in [0.1, 0.15) is 22.8 Å². The quantitative estimate of drug-likeness (QED) is 0.244. The van der Waals surface area contributed by atoms with Gasteiger partial charge in [0, 0.05) is 17.4 Å². The Morgan fingerprint density at radius 1 is 1.08 bits per heavy atom. The second kappa shape index (κ2) is 8.62. The molecule has 9 N–H and O–H groups in total. The van der Waals surface area contributed by atoms with Crippen LogP contribution in [0.2, 0.25) is 0 Å². The molecule has 5 atom stereocenters. The summed E-state index contributed by atoms with van der Waals surface area (Å²) in [6, 6.07) is 3.02. The molecule has 1 saturated carbocycles. The predicted octanol–water partition coefficient (Wildman–Crippen LogP) is -0.149. The maximum absolute atomic E-state index is 13.7. The van der Waals surface area contributed by atoms with Crippen molar-refractivity contribution in [1.29, 1.82) is 0 Å². The molecule has 0 saturated heterocycles. The highest BCUT2D eigenvalue weighted by atomic mass is 16.6. The molecule has 36 heavy (non-hydrogen) atoms. The zero-order valence-electron chi connectivity index (χ0n) is 19.5. The van der Waals surface area contributed by atoms with E-state index in [1.807, 2.05) is 0 Å². The summed E-state index contributed by atoms with van der Waals surface area (Å²) in [4.78, 5) is 48.5. The van der Waals surface area contributed by atoms with Crippen LogP contribution in [-0.4, -0.2) is 90.0 Å². The summed E-state index contributed by atoms with van der Waals surface area (Å²) in [5.74, 6) is -7.90. The number of aromatic hydroxyl groups is 1. The number of nitrogens with two attached hydrogens (primary N) is 1. The Kier molecular flexibility index (Phi) is 6.38. The van der Waals surface area contributed by atoms with E-state index >= 15 is 0 Å². The van der Waals surface area contributed by atoms with E-state index in [4.69, 9.17) is 20.7 Å². The molecule has 194 valence electrons. The van der Waals surface area contributed by atoms with Crippen molar-refractivity contribution in [3.8, 4) is 5.75 Å². The number of amides is 1. The molecule has 3 aliphatic rings. The summed E-state index contributed by atoms with van der Waals surface area (Å²) >= 11 is 0. The first-order valence-corrected chi connectivity index (χ1v) is 10.6. The average molecular weight is 506 g/mol. The van der Waals surface area contributed by atoms with E-state index in [0.29, 0.717) is 0 Å². The summed E-state index contributed by atoms with van der Waals surface area (Å²) in [6.07, 6.45) is -2.03. The zero-order valence-corrected chi connectivity index (χ0v) is 19.5. The van der Waals surface area contributed by atoms with Gasteiger partial charge in [-0.3, -0.25) is 19.3 Å². The number of likely N-dealkylation sites (N-methyl/N-ethyl adjacent to an activating group) is 1. The van der Waals surface area contributed by atoms with Gasteiger partial charge < -0.3 is 41.5 Å². The first-order valence-electron chi connectivity index (χ1n) is 10.6. The van der Waals surface area contributed by atoms with Crippen molar-refractivity contribution in [3.63, 3.8) is 0 Å². The van der Waals surface area contributed by atoms with Gasteiger partial charge in [-0.2, -0.15) is 0 Å². The number of carboxylic acid groups (broad SMARTS) is 2. The molecule has 3 aliphatic carbocycles. The number of rotatable bonds is 2. The third kappa shape index (κ3) is 3.59. The minimum Gasteiger partial charge on any atom is -0.508 e. The Labute approximate surface area is 204 Å². The van der Waals surface area contributed by atoms with Gasteiger partial charge in [-0.15, -0.1) is 0 Å². The van der Waals surface area contributed by atoms with Crippen molar-refractivity contribution in [2.75, 3.05) is 14.1 Å². The molecule has 0 radical (unpaired) electrons. The van der Waals surface area contributed by atoms with Crippen molar-refractivity contribution >= 4 is 29.4 Å². The monoisotopic (exact) mass is 506 g/mol. The van der Waals surface area contributed by atoms with Crippen LogP contribution >= 0.6 is 0 Å². The molecule has 0 unspecified atom stereocenters. The van der Waals surface area contributed by atoms with Crippen LogP contribution in [-0.2, 0) is 20.0 Å². The fourth-order valence-corrected chi connectivity index (χ4v) is 5.50. The van der Waals surface area contributed by atoms with Crippen molar-refractivity contribution < 1.29 is 54.9 Å². The van der Waals surface area contributed by atoms with Crippen LogP contribution in [0.25, 0.3) is 5.76 Å². The van der Waals surface area contributed by atoms with E-state index in [-0.39, 0.29) is 17.5 Å². The number of phenols is 1. The van der Waals surface area contributed by atoms with E-state index in [1.54, 1.807) is 0 Å². The molecule has 1 aromatic rings. The van der Waals surface area contributed by atoms with Crippen molar-refractivity contribution in [1.82, 2.24) is 4.90 Å². The van der Waals surface area contributed by atoms with Gasteiger partial charge in [-0.25, -0.2) is 4.79 Å². The number of hydrogen-bond acceptors (Lipinski definition) is 10. The molecular formula is C23H26N2O11. The molecular weight excluding hydrogens is 480 g/mol. The topological polar surface area (TPSA) is 239 Å². The second-order valence-corrected chi connectivity index (χ2v) is 9.24. The molecule has 0 aromatic heterocycles. The van der Waals surface area contributed by atoms with Crippen LogP contribution in [0.5, 0.6) is 5.75 Å². The molecule has 1 aromatic carbocycles. The van der Waals surface area contributed by atoms with Crippen LogP contribution < -0.4 is 5.73 Å². The number of nitrogens with zero attached hydrogens (tertiary/aromatic N) is 1. The summed E-state index contributed by atoms with van der Waals surface area (Å²) in [6.45, 7) is 1.40. The maximum Gasteiger partial charge on any atom is 0.503 e. The number of carbonyl (C=O) groups excluding carboxylic acids is 3. The highest BCUT2D eigenvalue weighted by Crippen LogP contribution is 2.57. The van der Waals surface area contributed by atoms with Crippen molar-refractivity contribution in [2.45, 2.75) is 30.6 Å². The molecule has 0 spiro atoms. The summed E-state index contributed by atoms with van der Waals surface area (Å²) in [5, 5.41) is 68.8. The first kappa shape index (κ1) is 26.7. The second-order valence-electron chi connectivity index (χ2n) is 9.24. The molecule has 13 nitrogen and oxygen atoms in total. The van der Waals surface area contributed by atoms with Crippen LogP contribution in [0.3, 0.4) is 0 Å². The SMILES string of the molecule is CN(C)[C@@H]1C(=O)C(C(N)=O)=C(O)[C@@]2(O)C(=O)C3=C(O)c4c(O)cccc4[C@@](C)(O)[C@H]3C[C@@H]12.O=C(O)O. The van der Waals surface area contributed by atoms with E-state index in [2.05, 4.69) is 0 Å². The number of Topliss-reactive ketones (excluding diaryl/α,β-unsaturated/α-hetero) is 2. The lowest BCUT2D eigenvalue weighted by atomic mass is 9.54. The molecule has 13 heteroatoms. The van der Waals surface area contributed by atoms with E-state index in [1.165, 1.54) is 44.1 Å². The molecule has 0 aliphatic heterocycles. The minimum absolute atomic E-state index is 0.170. The van der Waals surface area contributed by atoms with Crippen molar-refractivity contribution in [3.05, 3.63) is 46.2 Å².